The van der Waals surface area contributed by atoms with Crippen LogP contribution in [-0.2, 0) is 14.3 Å². The van der Waals surface area contributed by atoms with E-state index in [2.05, 4.69) is 12.2 Å². The minimum absolute atomic E-state index is 0.213. The smallest absolute Gasteiger partial charge is 0.328 e. The Morgan fingerprint density at radius 3 is 2.58 bits per heavy atom. The van der Waals surface area contributed by atoms with Crippen LogP contribution in [0.15, 0.2) is 0 Å². The zero-order valence-electron chi connectivity index (χ0n) is 11.8. The fraction of sp³-hybridized carbons (Fsp3) is 0.846. The second-order valence-electron chi connectivity index (χ2n) is 4.62. The van der Waals surface area contributed by atoms with E-state index in [0.29, 0.717) is 32.7 Å². The Kier molecular flexibility index (Phi) is 7.25. The van der Waals surface area contributed by atoms with Gasteiger partial charge < -0.3 is 19.7 Å². The molecule has 1 aliphatic rings. The van der Waals surface area contributed by atoms with Crippen molar-refractivity contribution in [1.29, 1.82) is 0 Å². The normalized spacial score (nSPS) is 16.8. The van der Waals surface area contributed by atoms with Gasteiger partial charge in [-0.25, -0.2) is 9.59 Å². The van der Waals surface area contributed by atoms with Gasteiger partial charge in [0.25, 0.3) is 0 Å². The number of urea groups is 1. The van der Waals surface area contributed by atoms with Crippen LogP contribution in [0.5, 0.6) is 0 Å². The number of esters is 1. The highest BCUT2D eigenvalue weighted by atomic mass is 16.5. The molecule has 0 saturated carbocycles. The molecule has 1 atom stereocenters. The first-order chi connectivity index (χ1) is 9.19. The maximum Gasteiger partial charge on any atom is 0.328 e. The summed E-state index contributed by atoms with van der Waals surface area (Å²) in [7, 11) is 1.34. The molecule has 1 fully saturated rings. The van der Waals surface area contributed by atoms with Crippen LogP contribution in [0, 0.1) is 0 Å². The van der Waals surface area contributed by atoms with Crippen LogP contribution in [0.1, 0.15) is 32.6 Å². The molecule has 1 aliphatic heterocycles. The van der Waals surface area contributed by atoms with E-state index >= 15 is 0 Å². The Balaban J connectivity index is 2.45. The molecule has 0 aromatic rings. The molecular weight excluding hydrogens is 248 g/mol. The number of amides is 2. The Hall–Kier alpha value is -1.30. The molecule has 0 aromatic carbocycles. The minimum atomic E-state index is -0.549. The van der Waals surface area contributed by atoms with Crippen LogP contribution in [0.25, 0.3) is 0 Å². The Labute approximate surface area is 114 Å². The molecule has 1 rings (SSSR count). The molecule has 1 heterocycles. The van der Waals surface area contributed by atoms with Crippen LogP contribution in [0.2, 0.25) is 0 Å². The summed E-state index contributed by atoms with van der Waals surface area (Å²) in [5, 5.41) is 2.75. The van der Waals surface area contributed by atoms with Gasteiger partial charge in [0.05, 0.1) is 20.3 Å². The first-order valence-corrected chi connectivity index (χ1v) is 6.90. The molecule has 110 valence electrons. The standard InChI is InChI=1S/C13H24N2O4/c1-3-4-5-6-11(12(16)18-2)14-13(17)15-7-9-19-10-8-15/h11H,3-10H2,1-2H3,(H,14,17). The summed E-state index contributed by atoms with van der Waals surface area (Å²) in [5.74, 6) is -0.377. The number of hydrogen-bond acceptors (Lipinski definition) is 4. The van der Waals surface area contributed by atoms with Gasteiger partial charge in [-0.3, -0.25) is 0 Å². The largest absolute Gasteiger partial charge is 0.467 e. The molecule has 1 N–H and O–H groups in total. The predicted molar refractivity (Wildman–Crippen MR) is 70.9 cm³/mol. The second kappa shape index (κ2) is 8.74. The number of ether oxygens (including phenoxy) is 2. The van der Waals surface area contributed by atoms with Crippen LogP contribution < -0.4 is 5.32 Å². The van der Waals surface area contributed by atoms with E-state index in [1.165, 1.54) is 7.11 Å². The van der Waals surface area contributed by atoms with Gasteiger partial charge in [0.1, 0.15) is 6.04 Å². The van der Waals surface area contributed by atoms with Gasteiger partial charge in [0.15, 0.2) is 0 Å². The molecule has 0 spiro atoms. The van der Waals surface area contributed by atoms with Crippen molar-refractivity contribution in [2.24, 2.45) is 0 Å². The lowest BCUT2D eigenvalue weighted by Crippen LogP contribution is -2.51. The first-order valence-electron chi connectivity index (χ1n) is 6.90. The first kappa shape index (κ1) is 15.8. The van der Waals surface area contributed by atoms with Gasteiger partial charge in [0.2, 0.25) is 0 Å². The lowest BCUT2D eigenvalue weighted by molar-refractivity contribution is -0.143. The van der Waals surface area contributed by atoms with E-state index < -0.39 is 6.04 Å². The Morgan fingerprint density at radius 1 is 1.32 bits per heavy atom. The summed E-state index contributed by atoms with van der Waals surface area (Å²) in [6.45, 7) is 4.32. The topological polar surface area (TPSA) is 67.9 Å². The summed E-state index contributed by atoms with van der Waals surface area (Å²) >= 11 is 0. The molecular formula is C13H24N2O4. The van der Waals surface area contributed by atoms with Gasteiger partial charge in [-0.2, -0.15) is 0 Å². The number of morpholine rings is 1. The number of nitrogens with zero attached hydrogens (tertiary/aromatic N) is 1. The van der Waals surface area contributed by atoms with Crippen LogP contribution >= 0.6 is 0 Å². The monoisotopic (exact) mass is 272 g/mol. The molecule has 0 aromatic heterocycles. The summed E-state index contributed by atoms with van der Waals surface area (Å²) < 4.78 is 9.92. The average Bonchev–Trinajstić information content (AvgIpc) is 2.46. The van der Waals surface area contributed by atoms with Crippen molar-refractivity contribution in [3.8, 4) is 0 Å². The van der Waals surface area contributed by atoms with E-state index in [1.807, 2.05) is 0 Å². The zero-order chi connectivity index (χ0) is 14.1. The van der Waals surface area contributed by atoms with Gasteiger partial charge in [-0.1, -0.05) is 26.2 Å². The molecule has 0 bridgehead atoms. The number of carbonyl (C=O) groups excluding carboxylic acids is 2. The number of unbranched alkanes of at least 4 members (excludes halogenated alkanes) is 2. The van der Waals surface area contributed by atoms with Gasteiger partial charge in [-0.15, -0.1) is 0 Å². The maximum atomic E-state index is 12.0. The Morgan fingerprint density at radius 2 is 2.00 bits per heavy atom. The van der Waals surface area contributed by atoms with Crippen molar-refractivity contribution in [3.63, 3.8) is 0 Å². The van der Waals surface area contributed by atoms with Gasteiger partial charge >= 0.3 is 12.0 Å². The molecule has 0 radical (unpaired) electrons. The molecule has 6 heteroatoms. The maximum absolute atomic E-state index is 12.0. The predicted octanol–water partition coefficient (Wildman–Crippen LogP) is 1.15. The molecule has 6 nitrogen and oxygen atoms in total. The lowest BCUT2D eigenvalue weighted by atomic mass is 10.1. The minimum Gasteiger partial charge on any atom is -0.467 e. The second-order valence-corrected chi connectivity index (χ2v) is 4.62. The third-order valence-corrected chi connectivity index (χ3v) is 3.18. The highest BCUT2D eigenvalue weighted by Crippen LogP contribution is 2.06. The number of carbonyl (C=O) groups is 2. The van der Waals surface area contributed by atoms with Crippen molar-refractivity contribution in [2.75, 3.05) is 33.4 Å². The lowest BCUT2D eigenvalue weighted by Gasteiger charge is -2.28. The average molecular weight is 272 g/mol. The third kappa shape index (κ3) is 5.46. The summed E-state index contributed by atoms with van der Waals surface area (Å²) in [4.78, 5) is 25.3. The summed E-state index contributed by atoms with van der Waals surface area (Å²) in [6.07, 6.45) is 3.64. The molecule has 1 saturated heterocycles. The molecule has 2 amide bonds. The Bertz CT molecular complexity index is 290. The van der Waals surface area contributed by atoms with E-state index in [-0.39, 0.29) is 12.0 Å². The van der Waals surface area contributed by atoms with Crippen LogP contribution in [0.4, 0.5) is 4.79 Å². The van der Waals surface area contributed by atoms with Crippen LogP contribution in [0.3, 0.4) is 0 Å². The van der Waals surface area contributed by atoms with Crippen molar-refractivity contribution in [2.45, 2.75) is 38.6 Å². The SMILES string of the molecule is CCCCCC(NC(=O)N1CCOCC1)C(=O)OC. The fourth-order valence-electron chi connectivity index (χ4n) is 2.00. The third-order valence-electron chi connectivity index (χ3n) is 3.18. The number of methoxy groups -OCH3 is 1. The zero-order valence-corrected chi connectivity index (χ0v) is 11.8. The molecule has 19 heavy (non-hydrogen) atoms. The summed E-state index contributed by atoms with van der Waals surface area (Å²) in [6, 6.07) is -0.762. The van der Waals surface area contributed by atoms with Crippen molar-refractivity contribution >= 4 is 12.0 Å². The van der Waals surface area contributed by atoms with Crippen LogP contribution in [-0.4, -0.2) is 56.4 Å². The van der Waals surface area contributed by atoms with E-state index in [9.17, 15) is 9.59 Å². The quantitative estimate of drug-likeness (QED) is 0.582. The van der Waals surface area contributed by atoms with Crippen molar-refractivity contribution in [3.05, 3.63) is 0 Å². The summed E-state index contributed by atoms with van der Waals surface area (Å²) in [5.41, 5.74) is 0. The van der Waals surface area contributed by atoms with Crippen molar-refractivity contribution in [1.82, 2.24) is 10.2 Å². The number of nitrogens with one attached hydrogen (secondary N) is 1. The fourth-order valence-corrected chi connectivity index (χ4v) is 2.00. The highest BCUT2D eigenvalue weighted by molar-refractivity contribution is 5.83. The van der Waals surface area contributed by atoms with Crippen molar-refractivity contribution < 1.29 is 19.1 Å². The molecule has 0 aliphatic carbocycles. The van der Waals surface area contributed by atoms with E-state index in [0.717, 1.165) is 19.3 Å². The van der Waals surface area contributed by atoms with E-state index in [1.54, 1.807) is 4.90 Å². The van der Waals surface area contributed by atoms with Gasteiger partial charge in [0, 0.05) is 13.1 Å². The number of hydrogen-bond donors (Lipinski definition) is 1. The van der Waals surface area contributed by atoms with Gasteiger partial charge in [-0.05, 0) is 6.42 Å². The highest BCUT2D eigenvalue weighted by Gasteiger charge is 2.24. The number of rotatable bonds is 6. The van der Waals surface area contributed by atoms with E-state index in [4.69, 9.17) is 9.47 Å². The molecule has 1 unspecified atom stereocenters.